The van der Waals surface area contributed by atoms with Crippen LogP contribution in [0.4, 0.5) is 4.79 Å². The highest BCUT2D eigenvalue weighted by Crippen LogP contribution is 2.10. The van der Waals surface area contributed by atoms with Crippen molar-refractivity contribution in [3.63, 3.8) is 0 Å². The van der Waals surface area contributed by atoms with Crippen molar-refractivity contribution < 1.29 is 4.79 Å². The van der Waals surface area contributed by atoms with Crippen molar-refractivity contribution in [2.45, 2.75) is 12.8 Å². The van der Waals surface area contributed by atoms with E-state index in [1.54, 1.807) is 0 Å². The Labute approximate surface area is 106 Å². The Kier molecular flexibility index (Phi) is 5.91. The van der Waals surface area contributed by atoms with E-state index >= 15 is 0 Å². The van der Waals surface area contributed by atoms with Gasteiger partial charge in [-0.15, -0.1) is 0 Å². The van der Waals surface area contributed by atoms with Gasteiger partial charge < -0.3 is 10.6 Å². The lowest BCUT2D eigenvalue weighted by molar-refractivity contribution is 0.241. The van der Waals surface area contributed by atoms with Crippen molar-refractivity contribution in [3.05, 3.63) is 34.9 Å². The van der Waals surface area contributed by atoms with Crippen molar-refractivity contribution in [3.8, 4) is 6.07 Å². The minimum Gasteiger partial charge on any atom is -0.338 e. The Morgan fingerprint density at radius 3 is 2.82 bits per heavy atom. The molecule has 2 N–H and O–H groups in total. The molecule has 0 aromatic heterocycles. The van der Waals surface area contributed by atoms with E-state index in [0.717, 1.165) is 12.0 Å². The minimum atomic E-state index is -0.248. The van der Waals surface area contributed by atoms with Crippen molar-refractivity contribution in [1.82, 2.24) is 10.6 Å². The number of halogens is 1. The summed E-state index contributed by atoms with van der Waals surface area (Å²) in [6.07, 6.45) is 1.05. The number of nitrogens with one attached hydrogen (secondary N) is 2. The second-order valence-corrected chi connectivity index (χ2v) is 3.91. The van der Waals surface area contributed by atoms with Crippen LogP contribution in [-0.2, 0) is 6.42 Å². The average molecular weight is 252 g/mol. The number of rotatable bonds is 5. The average Bonchev–Trinajstić information content (AvgIpc) is 2.29. The molecule has 1 rings (SSSR count). The van der Waals surface area contributed by atoms with Gasteiger partial charge >= 0.3 is 6.03 Å². The first kappa shape index (κ1) is 13.3. The maximum absolute atomic E-state index is 11.2. The summed E-state index contributed by atoms with van der Waals surface area (Å²) in [6, 6.07) is 9.23. The molecule has 1 aromatic carbocycles. The molecule has 2 amide bonds. The normalized spacial score (nSPS) is 9.41. The van der Waals surface area contributed by atoms with Gasteiger partial charge in [0.1, 0.15) is 0 Å². The molecule has 0 unspecified atom stereocenters. The van der Waals surface area contributed by atoms with Crippen LogP contribution in [-0.4, -0.2) is 19.1 Å². The number of nitriles is 1. The summed E-state index contributed by atoms with van der Waals surface area (Å²) in [4.78, 5) is 11.2. The van der Waals surface area contributed by atoms with Crippen LogP contribution in [0.2, 0.25) is 5.02 Å². The van der Waals surface area contributed by atoms with E-state index in [1.807, 2.05) is 30.3 Å². The molecule has 90 valence electrons. The van der Waals surface area contributed by atoms with Crippen LogP contribution in [0.3, 0.4) is 0 Å². The van der Waals surface area contributed by atoms with E-state index in [-0.39, 0.29) is 6.03 Å². The number of hydrogen-bond acceptors (Lipinski definition) is 2. The molecule has 0 heterocycles. The number of hydrogen-bond donors (Lipinski definition) is 2. The second-order valence-electron chi connectivity index (χ2n) is 3.47. The first-order valence-corrected chi connectivity index (χ1v) is 5.73. The van der Waals surface area contributed by atoms with Gasteiger partial charge in [0.2, 0.25) is 0 Å². The van der Waals surface area contributed by atoms with Gasteiger partial charge in [-0.3, -0.25) is 0 Å². The monoisotopic (exact) mass is 251 g/mol. The molecule has 1 aromatic rings. The molecule has 17 heavy (non-hydrogen) atoms. The SMILES string of the molecule is N#CCCNC(=O)NCCc1cccc(Cl)c1. The number of carbonyl (C=O) groups is 1. The predicted octanol–water partition coefficient (Wildman–Crippen LogP) is 2.10. The van der Waals surface area contributed by atoms with Gasteiger partial charge in [-0.2, -0.15) is 5.26 Å². The molecule has 0 aliphatic heterocycles. The van der Waals surface area contributed by atoms with Gasteiger partial charge in [0, 0.05) is 18.1 Å². The third-order valence-corrected chi connectivity index (χ3v) is 2.35. The molecular weight excluding hydrogens is 238 g/mol. The second kappa shape index (κ2) is 7.53. The van der Waals surface area contributed by atoms with Crippen LogP contribution in [0.25, 0.3) is 0 Å². The molecular formula is C12H14ClN3O. The first-order valence-electron chi connectivity index (χ1n) is 5.35. The highest BCUT2D eigenvalue weighted by molar-refractivity contribution is 6.30. The highest BCUT2D eigenvalue weighted by Gasteiger charge is 1.99. The van der Waals surface area contributed by atoms with Crippen molar-refractivity contribution in [1.29, 1.82) is 5.26 Å². The molecule has 0 atom stereocenters. The van der Waals surface area contributed by atoms with Crippen LogP contribution in [0.1, 0.15) is 12.0 Å². The van der Waals surface area contributed by atoms with Gasteiger partial charge in [0.05, 0.1) is 12.5 Å². The number of benzene rings is 1. The fraction of sp³-hybridized carbons (Fsp3) is 0.333. The lowest BCUT2D eigenvalue weighted by atomic mass is 10.1. The Hall–Kier alpha value is -1.73. The van der Waals surface area contributed by atoms with E-state index in [1.165, 1.54) is 0 Å². The fourth-order valence-electron chi connectivity index (χ4n) is 1.31. The van der Waals surface area contributed by atoms with Gasteiger partial charge in [-0.25, -0.2) is 4.79 Å². The Morgan fingerprint density at radius 2 is 2.12 bits per heavy atom. The first-order chi connectivity index (χ1) is 8.22. The standard InChI is InChI=1S/C12H14ClN3O/c13-11-4-1-3-10(9-11)5-8-16-12(17)15-7-2-6-14/h1,3-4,9H,2,5,7-8H2,(H2,15,16,17). The summed E-state index contributed by atoms with van der Waals surface area (Å²) in [7, 11) is 0. The Morgan fingerprint density at radius 1 is 1.35 bits per heavy atom. The van der Waals surface area contributed by atoms with E-state index < -0.39 is 0 Å². The maximum atomic E-state index is 11.2. The quantitative estimate of drug-likeness (QED) is 0.787. The number of carbonyl (C=O) groups excluding carboxylic acids is 1. The Bertz CT molecular complexity index is 414. The molecule has 0 spiro atoms. The summed E-state index contributed by atoms with van der Waals surface area (Å²) in [5.74, 6) is 0. The molecule has 4 nitrogen and oxygen atoms in total. The van der Waals surface area contributed by atoms with E-state index in [2.05, 4.69) is 10.6 Å². The molecule has 0 aliphatic carbocycles. The van der Waals surface area contributed by atoms with E-state index in [9.17, 15) is 4.79 Å². The zero-order valence-electron chi connectivity index (χ0n) is 9.37. The lowest BCUT2D eigenvalue weighted by Gasteiger charge is -2.06. The summed E-state index contributed by atoms with van der Waals surface area (Å²) in [5.41, 5.74) is 1.08. The van der Waals surface area contributed by atoms with Crippen LogP contribution in [0, 0.1) is 11.3 Å². The van der Waals surface area contributed by atoms with Gasteiger partial charge in [0.15, 0.2) is 0 Å². The molecule has 0 bridgehead atoms. The van der Waals surface area contributed by atoms with Crippen molar-refractivity contribution >= 4 is 17.6 Å². The van der Waals surface area contributed by atoms with Gasteiger partial charge in [-0.05, 0) is 24.1 Å². The smallest absolute Gasteiger partial charge is 0.314 e. The highest BCUT2D eigenvalue weighted by atomic mass is 35.5. The summed E-state index contributed by atoms with van der Waals surface area (Å²) in [6.45, 7) is 0.915. The third-order valence-electron chi connectivity index (χ3n) is 2.11. The van der Waals surface area contributed by atoms with E-state index in [0.29, 0.717) is 24.5 Å². The topological polar surface area (TPSA) is 64.9 Å². The summed E-state index contributed by atoms with van der Waals surface area (Å²) < 4.78 is 0. The third kappa shape index (κ3) is 5.79. The predicted molar refractivity (Wildman–Crippen MR) is 66.8 cm³/mol. The molecule has 5 heteroatoms. The molecule has 0 radical (unpaired) electrons. The Balaban J connectivity index is 2.19. The van der Waals surface area contributed by atoms with Crippen molar-refractivity contribution in [2.75, 3.05) is 13.1 Å². The molecule has 0 saturated heterocycles. The van der Waals surface area contributed by atoms with E-state index in [4.69, 9.17) is 16.9 Å². The van der Waals surface area contributed by atoms with Crippen molar-refractivity contribution in [2.24, 2.45) is 0 Å². The van der Waals surface area contributed by atoms with Gasteiger partial charge in [-0.1, -0.05) is 23.7 Å². The molecule has 0 fully saturated rings. The van der Waals surface area contributed by atoms with Crippen LogP contribution in [0.5, 0.6) is 0 Å². The molecule has 0 saturated carbocycles. The van der Waals surface area contributed by atoms with Crippen LogP contribution >= 0.6 is 11.6 Å². The zero-order chi connectivity index (χ0) is 12.5. The van der Waals surface area contributed by atoms with Gasteiger partial charge in [0.25, 0.3) is 0 Å². The minimum absolute atomic E-state index is 0.248. The largest absolute Gasteiger partial charge is 0.338 e. The number of nitrogens with zero attached hydrogens (tertiary/aromatic N) is 1. The maximum Gasteiger partial charge on any atom is 0.314 e. The fourth-order valence-corrected chi connectivity index (χ4v) is 1.52. The van der Waals surface area contributed by atoms with Crippen LogP contribution < -0.4 is 10.6 Å². The lowest BCUT2D eigenvalue weighted by Crippen LogP contribution is -2.36. The number of urea groups is 1. The number of amides is 2. The summed E-state index contributed by atoms with van der Waals surface area (Å²) in [5, 5.41) is 14.3. The summed E-state index contributed by atoms with van der Waals surface area (Å²) >= 11 is 5.84. The zero-order valence-corrected chi connectivity index (χ0v) is 10.1. The molecule has 0 aliphatic rings. The van der Waals surface area contributed by atoms with Crippen LogP contribution in [0.15, 0.2) is 24.3 Å².